The second kappa shape index (κ2) is 9.83. The molecule has 0 heterocycles. The van der Waals surface area contributed by atoms with Gasteiger partial charge >= 0.3 is 0 Å². The lowest BCUT2D eigenvalue weighted by molar-refractivity contribution is -0.123. The summed E-state index contributed by atoms with van der Waals surface area (Å²) in [4.78, 5) is 12.1. The third-order valence-corrected chi connectivity index (χ3v) is 3.92. The van der Waals surface area contributed by atoms with Gasteiger partial charge in [-0.1, -0.05) is 43.7 Å². The smallest absolute Gasteiger partial charge is 0.237 e. The fraction of sp³-hybridized carbons (Fsp3) is 0.562. The number of carbonyl (C=O) groups is 1. The minimum Gasteiger partial charge on any atom is -0.352 e. The van der Waals surface area contributed by atoms with Crippen molar-refractivity contribution in [3.8, 4) is 0 Å². The van der Waals surface area contributed by atoms with Crippen LogP contribution in [0.4, 0.5) is 0 Å². The van der Waals surface area contributed by atoms with Crippen molar-refractivity contribution in [3.63, 3.8) is 0 Å². The molecule has 0 radical (unpaired) electrons. The Hall–Kier alpha value is -1.000. The largest absolute Gasteiger partial charge is 0.352 e. The van der Waals surface area contributed by atoms with Gasteiger partial charge in [0.25, 0.3) is 0 Å². The first-order valence-corrected chi connectivity index (χ1v) is 8.65. The van der Waals surface area contributed by atoms with Gasteiger partial charge in [-0.2, -0.15) is 11.8 Å². The molecule has 112 valence electrons. The van der Waals surface area contributed by atoms with Crippen molar-refractivity contribution < 1.29 is 4.79 Å². The van der Waals surface area contributed by atoms with E-state index in [9.17, 15) is 4.79 Å². The Labute approximate surface area is 126 Å². The molecule has 0 bridgehead atoms. The number of rotatable bonds is 9. The number of benzene rings is 1. The number of hydrogen-bond acceptors (Lipinski definition) is 3. The van der Waals surface area contributed by atoms with Crippen molar-refractivity contribution in [1.29, 1.82) is 0 Å². The van der Waals surface area contributed by atoms with Crippen LogP contribution in [0.5, 0.6) is 0 Å². The zero-order chi connectivity index (χ0) is 14.8. The molecule has 4 heteroatoms. The second-order valence-electron chi connectivity index (χ2n) is 5.07. The Bertz CT molecular complexity index is 383. The van der Waals surface area contributed by atoms with E-state index in [1.165, 1.54) is 5.56 Å². The van der Waals surface area contributed by atoms with E-state index in [4.69, 9.17) is 5.73 Å². The summed E-state index contributed by atoms with van der Waals surface area (Å²) in [5.74, 6) is 0.902. The van der Waals surface area contributed by atoms with Crippen LogP contribution in [-0.4, -0.2) is 30.0 Å². The molecule has 1 aromatic rings. The van der Waals surface area contributed by atoms with Crippen molar-refractivity contribution in [2.45, 2.75) is 44.7 Å². The van der Waals surface area contributed by atoms with E-state index in [1.807, 2.05) is 24.5 Å². The van der Waals surface area contributed by atoms with Gasteiger partial charge in [0.2, 0.25) is 5.91 Å². The number of nitrogens with two attached hydrogens (primary N) is 1. The lowest BCUT2D eigenvalue weighted by Crippen LogP contribution is -2.46. The van der Waals surface area contributed by atoms with Gasteiger partial charge in [-0.15, -0.1) is 0 Å². The quantitative estimate of drug-likeness (QED) is 0.736. The second-order valence-corrected chi connectivity index (χ2v) is 6.06. The molecule has 0 spiro atoms. The number of hydrogen-bond donors (Lipinski definition) is 2. The van der Waals surface area contributed by atoms with E-state index in [2.05, 4.69) is 24.4 Å². The third kappa shape index (κ3) is 6.44. The lowest BCUT2D eigenvalue weighted by atomic mass is 10.0. The highest BCUT2D eigenvalue weighted by Crippen LogP contribution is 2.08. The van der Waals surface area contributed by atoms with E-state index >= 15 is 0 Å². The topological polar surface area (TPSA) is 55.1 Å². The van der Waals surface area contributed by atoms with Gasteiger partial charge in [0.1, 0.15) is 0 Å². The van der Waals surface area contributed by atoms with E-state index in [0.717, 1.165) is 31.4 Å². The van der Waals surface area contributed by atoms with Crippen LogP contribution in [0.25, 0.3) is 0 Å². The van der Waals surface area contributed by atoms with Crippen LogP contribution in [0, 0.1) is 0 Å². The summed E-state index contributed by atoms with van der Waals surface area (Å²) >= 11 is 1.72. The summed E-state index contributed by atoms with van der Waals surface area (Å²) in [6.45, 7) is 2.14. The molecule has 2 atom stereocenters. The number of carbonyl (C=O) groups excluding carboxylic acids is 1. The first kappa shape index (κ1) is 17.1. The molecule has 1 amide bonds. The van der Waals surface area contributed by atoms with Crippen LogP contribution >= 0.6 is 11.8 Å². The minimum absolute atomic E-state index is 0.0200. The average molecular weight is 294 g/mol. The highest BCUT2D eigenvalue weighted by molar-refractivity contribution is 7.98. The molecular formula is C16H26N2OS. The summed E-state index contributed by atoms with van der Waals surface area (Å²) in [5.41, 5.74) is 7.17. The molecule has 0 saturated carbocycles. The Morgan fingerprint density at radius 2 is 2.00 bits per heavy atom. The van der Waals surface area contributed by atoms with E-state index in [0.29, 0.717) is 0 Å². The van der Waals surface area contributed by atoms with Gasteiger partial charge in [-0.25, -0.2) is 0 Å². The molecule has 0 fully saturated rings. The maximum atomic E-state index is 12.1. The van der Waals surface area contributed by atoms with Gasteiger partial charge in [0.05, 0.1) is 6.04 Å². The highest BCUT2D eigenvalue weighted by Gasteiger charge is 2.17. The monoisotopic (exact) mass is 294 g/mol. The molecule has 3 N–H and O–H groups in total. The molecule has 1 rings (SSSR count). The van der Waals surface area contributed by atoms with Crippen molar-refractivity contribution in [2.75, 3.05) is 12.0 Å². The van der Waals surface area contributed by atoms with Crippen LogP contribution in [-0.2, 0) is 11.2 Å². The molecule has 3 nitrogen and oxygen atoms in total. The van der Waals surface area contributed by atoms with Gasteiger partial charge in [0.15, 0.2) is 0 Å². The SMILES string of the molecule is CCCC(Cc1ccccc1)NC(=O)[C@@H](N)CCSC. The van der Waals surface area contributed by atoms with Crippen molar-refractivity contribution >= 4 is 17.7 Å². The van der Waals surface area contributed by atoms with Crippen LogP contribution in [0.1, 0.15) is 31.7 Å². The zero-order valence-electron chi connectivity index (χ0n) is 12.5. The minimum atomic E-state index is -0.391. The average Bonchev–Trinajstić information content (AvgIpc) is 2.46. The maximum Gasteiger partial charge on any atom is 0.237 e. The van der Waals surface area contributed by atoms with Gasteiger partial charge in [0, 0.05) is 6.04 Å². The fourth-order valence-corrected chi connectivity index (χ4v) is 2.65. The molecule has 0 aliphatic heterocycles. The van der Waals surface area contributed by atoms with Crippen LogP contribution < -0.4 is 11.1 Å². The summed E-state index contributed by atoms with van der Waals surface area (Å²) in [6, 6.07) is 10.1. The first-order valence-electron chi connectivity index (χ1n) is 7.26. The predicted molar refractivity (Wildman–Crippen MR) is 88.0 cm³/mol. The highest BCUT2D eigenvalue weighted by atomic mass is 32.2. The predicted octanol–water partition coefficient (Wildman–Crippen LogP) is 2.59. The molecule has 20 heavy (non-hydrogen) atoms. The Morgan fingerprint density at radius 3 is 2.60 bits per heavy atom. The summed E-state index contributed by atoms with van der Waals surface area (Å²) in [6.07, 6.45) is 5.67. The lowest BCUT2D eigenvalue weighted by Gasteiger charge is -2.20. The molecule has 0 aliphatic carbocycles. The molecule has 0 aliphatic rings. The summed E-state index contributed by atoms with van der Waals surface area (Å²) in [5, 5.41) is 3.10. The van der Waals surface area contributed by atoms with E-state index in [1.54, 1.807) is 11.8 Å². The van der Waals surface area contributed by atoms with Crippen LogP contribution in [0.3, 0.4) is 0 Å². The third-order valence-electron chi connectivity index (χ3n) is 3.28. The molecule has 1 unspecified atom stereocenters. The van der Waals surface area contributed by atoms with Crippen LogP contribution in [0.2, 0.25) is 0 Å². The normalized spacial score (nSPS) is 13.8. The molecule has 0 saturated heterocycles. The van der Waals surface area contributed by atoms with E-state index < -0.39 is 6.04 Å². The van der Waals surface area contributed by atoms with Crippen molar-refractivity contribution in [2.24, 2.45) is 5.73 Å². The standard InChI is InChI=1S/C16H26N2OS/c1-3-7-14(12-13-8-5-4-6-9-13)18-16(19)15(17)10-11-20-2/h4-6,8-9,14-15H,3,7,10-12,17H2,1-2H3,(H,18,19)/t14?,15-/m0/s1. The number of amides is 1. The molecule has 0 aromatic heterocycles. The zero-order valence-corrected chi connectivity index (χ0v) is 13.3. The first-order chi connectivity index (χ1) is 9.67. The van der Waals surface area contributed by atoms with Crippen molar-refractivity contribution in [3.05, 3.63) is 35.9 Å². The Morgan fingerprint density at radius 1 is 1.30 bits per heavy atom. The number of nitrogens with one attached hydrogen (secondary N) is 1. The summed E-state index contributed by atoms with van der Waals surface area (Å²) < 4.78 is 0. The Balaban J connectivity index is 2.51. The fourth-order valence-electron chi connectivity index (χ4n) is 2.16. The van der Waals surface area contributed by atoms with Crippen LogP contribution in [0.15, 0.2) is 30.3 Å². The number of thioether (sulfide) groups is 1. The molecule has 1 aromatic carbocycles. The van der Waals surface area contributed by atoms with Gasteiger partial charge in [-0.3, -0.25) is 4.79 Å². The summed E-state index contributed by atoms with van der Waals surface area (Å²) in [7, 11) is 0. The Kier molecular flexibility index (Phi) is 8.38. The van der Waals surface area contributed by atoms with Crippen molar-refractivity contribution in [1.82, 2.24) is 5.32 Å². The van der Waals surface area contributed by atoms with E-state index in [-0.39, 0.29) is 11.9 Å². The van der Waals surface area contributed by atoms with Gasteiger partial charge in [-0.05, 0) is 36.8 Å². The van der Waals surface area contributed by atoms with Gasteiger partial charge < -0.3 is 11.1 Å². The molecular weight excluding hydrogens is 268 g/mol. The maximum absolute atomic E-state index is 12.1.